The molecule has 1 aliphatic carbocycles. The van der Waals surface area contributed by atoms with E-state index in [1.807, 2.05) is 62.4 Å². The van der Waals surface area contributed by atoms with E-state index in [-0.39, 0.29) is 11.6 Å². The smallest absolute Gasteiger partial charge is 0.327 e. The number of amides is 3. The van der Waals surface area contributed by atoms with Gasteiger partial charge in [0.1, 0.15) is 5.69 Å². The number of hydrazine groups is 1. The molecule has 0 spiro atoms. The Hall–Kier alpha value is -3.94. The van der Waals surface area contributed by atoms with Crippen LogP contribution in [0.5, 0.6) is 0 Å². The van der Waals surface area contributed by atoms with E-state index in [0.717, 1.165) is 35.2 Å². The molecule has 0 aliphatic heterocycles. The van der Waals surface area contributed by atoms with Crippen molar-refractivity contribution in [3.05, 3.63) is 71.4 Å². The first-order valence-corrected chi connectivity index (χ1v) is 10.1. The van der Waals surface area contributed by atoms with Crippen LogP contribution in [0, 0.1) is 13.8 Å². The molecule has 1 aliphatic rings. The Morgan fingerprint density at radius 2 is 1.68 bits per heavy atom. The van der Waals surface area contributed by atoms with Gasteiger partial charge in [-0.25, -0.2) is 4.68 Å². The van der Waals surface area contributed by atoms with Gasteiger partial charge in [-0.1, -0.05) is 30.3 Å². The van der Waals surface area contributed by atoms with Crippen LogP contribution in [0.3, 0.4) is 0 Å². The number of benzene rings is 2. The standard InChI is InChI=1S/C23H23N5O3/c1-14-8-9-16(12-15(14)2)20-19(13-28(27-20)18-6-4-3-5-7-18)21(29)25-26-23(31)22(30)24-17-10-11-17/h3-9,12-13,17H,10-11H2,1-2H3,(H,24,30)(H,25,29)(H,26,31). The van der Waals surface area contributed by atoms with E-state index in [2.05, 4.69) is 21.3 Å². The molecule has 2 aromatic carbocycles. The SMILES string of the molecule is Cc1ccc(-c2nn(-c3ccccc3)cc2C(=O)NNC(=O)C(=O)NC2CC2)cc1C. The number of para-hydroxylation sites is 1. The molecular formula is C23H23N5O3. The fourth-order valence-corrected chi connectivity index (χ4v) is 3.07. The average Bonchev–Trinajstić information content (AvgIpc) is 3.48. The quantitative estimate of drug-likeness (QED) is 0.447. The molecule has 158 valence electrons. The first-order chi connectivity index (χ1) is 14.9. The summed E-state index contributed by atoms with van der Waals surface area (Å²) < 4.78 is 1.61. The lowest BCUT2D eigenvalue weighted by molar-refractivity contribution is -0.139. The van der Waals surface area contributed by atoms with Crippen molar-refractivity contribution in [2.24, 2.45) is 0 Å². The first kappa shape index (κ1) is 20.3. The van der Waals surface area contributed by atoms with Crippen molar-refractivity contribution in [1.29, 1.82) is 0 Å². The maximum Gasteiger partial charge on any atom is 0.327 e. The number of rotatable bonds is 4. The lowest BCUT2D eigenvalue weighted by Gasteiger charge is -2.08. The lowest BCUT2D eigenvalue weighted by atomic mass is 10.0. The molecule has 31 heavy (non-hydrogen) atoms. The molecule has 1 saturated carbocycles. The highest BCUT2D eigenvalue weighted by atomic mass is 16.2. The van der Waals surface area contributed by atoms with Crippen molar-refractivity contribution >= 4 is 17.7 Å². The number of hydrogen-bond donors (Lipinski definition) is 3. The van der Waals surface area contributed by atoms with E-state index < -0.39 is 17.7 Å². The second-order valence-corrected chi connectivity index (χ2v) is 7.63. The van der Waals surface area contributed by atoms with Gasteiger partial charge >= 0.3 is 11.8 Å². The highest BCUT2D eigenvalue weighted by Crippen LogP contribution is 2.26. The molecule has 1 aromatic heterocycles. The highest BCUT2D eigenvalue weighted by Gasteiger charge is 2.27. The van der Waals surface area contributed by atoms with E-state index in [0.29, 0.717) is 5.69 Å². The molecule has 0 radical (unpaired) electrons. The lowest BCUT2D eigenvalue weighted by Crippen LogP contribution is -2.49. The van der Waals surface area contributed by atoms with Gasteiger partial charge in [0.15, 0.2) is 0 Å². The van der Waals surface area contributed by atoms with Crippen LogP contribution >= 0.6 is 0 Å². The van der Waals surface area contributed by atoms with E-state index in [4.69, 9.17) is 0 Å². The molecule has 0 atom stereocenters. The third kappa shape index (κ3) is 4.63. The molecule has 3 aromatic rings. The number of nitrogens with zero attached hydrogens (tertiary/aromatic N) is 2. The maximum atomic E-state index is 12.9. The van der Waals surface area contributed by atoms with Crippen LogP contribution in [0.4, 0.5) is 0 Å². The van der Waals surface area contributed by atoms with Crippen LogP contribution in [0.2, 0.25) is 0 Å². The van der Waals surface area contributed by atoms with Crippen molar-refractivity contribution in [3.8, 4) is 16.9 Å². The predicted octanol–water partition coefficient (Wildman–Crippen LogP) is 2.20. The van der Waals surface area contributed by atoms with E-state index in [1.165, 1.54) is 0 Å². The largest absolute Gasteiger partial charge is 0.345 e. The zero-order valence-electron chi connectivity index (χ0n) is 17.3. The maximum absolute atomic E-state index is 12.9. The number of carbonyl (C=O) groups excluding carboxylic acids is 3. The number of hydrogen-bond acceptors (Lipinski definition) is 4. The van der Waals surface area contributed by atoms with Crippen molar-refractivity contribution in [2.75, 3.05) is 0 Å². The van der Waals surface area contributed by atoms with Gasteiger partial charge in [0.25, 0.3) is 5.91 Å². The van der Waals surface area contributed by atoms with Crippen molar-refractivity contribution in [2.45, 2.75) is 32.7 Å². The first-order valence-electron chi connectivity index (χ1n) is 10.1. The minimum absolute atomic E-state index is 0.0504. The summed E-state index contributed by atoms with van der Waals surface area (Å²) in [6.45, 7) is 4.00. The van der Waals surface area contributed by atoms with Gasteiger partial charge in [-0.3, -0.25) is 25.2 Å². The Bertz CT molecular complexity index is 1150. The zero-order valence-corrected chi connectivity index (χ0v) is 17.3. The topological polar surface area (TPSA) is 105 Å². The summed E-state index contributed by atoms with van der Waals surface area (Å²) in [7, 11) is 0. The predicted molar refractivity (Wildman–Crippen MR) is 115 cm³/mol. The molecule has 3 N–H and O–H groups in total. The molecule has 8 heteroatoms. The van der Waals surface area contributed by atoms with Crippen LogP contribution in [0.15, 0.2) is 54.7 Å². The van der Waals surface area contributed by atoms with Gasteiger partial charge < -0.3 is 5.32 Å². The molecule has 1 heterocycles. The third-order valence-corrected chi connectivity index (χ3v) is 5.17. The molecule has 4 rings (SSSR count). The Balaban J connectivity index is 1.60. The fourth-order valence-electron chi connectivity index (χ4n) is 3.07. The second kappa shape index (κ2) is 8.43. The van der Waals surface area contributed by atoms with Crippen LogP contribution in [-0.4, -0.2) is 33.5 Å². The van der Waals surface area contributed by atoms with E-state index in [9.17, 15) is 14.4 Å². The van der Waals surface area contributed by atoms with Crippen LogP contribution < -0.4 is 16.2 Å². The minimum Gasteiger partial charge on any atom is -0.345 e. The van der Waals surface area contributed by atoms with Gasteiger partial charge in [0.2, 0.25) is 0 Å². The van der Waals surface area contributed by atoms with Crippen molar-refractivity contribution in [3.63, 3.8) is 0 Å². The van der Waals surface area contributed by atoms with E-state index >= 15 is 0 Å². The Labute approximate surface area is 179 Å². The average molecular weight is 417 g/mol. The molecule has 0 bridgehead atoms. The summed E-state index contributed by atoms with van der Waals surface area (Å²) in [5.74, 6) is -2.25. The third-order valence-electron chi connectivity index (χ3n) is 5.17. The highest BCUT2D eigenvalue weighted by molar-refractivity contribution is 6.35. The van der Waals surface area contributed by atoms with Gasteiger partial charge in [0.05, 0.1) is 11.3 Å². The molecule has 0 saturated heterocycles. The Kier molecular flexibility index (Phi) is 5.53. The monoisotopic (exact) mass is 417 g/mol. The fraction of sp³-hybridized carbons (Fsp3) is 0.217. The number of carbonyl (C=O) groups is 3. The Morgan fingerprint density at radius 1 is 0.935 bits per heavy atom. The van der Waals surface area contributed by atoms with Crippen LogP contribution in [0.25, 0.3) is 16.9 Å². The van der Waals surface area contributed by atoms with Crippen molar-refractivity contribution < 1.29 is 14.4 Å². The second-order valence-electron chi connectivity index (χ2n) is 7.63. The summed E-state index contributed by atoms with van der Waals surface area (Å²) in [6, 6.07) is 15.3. The normalized spacial score (nSPS) is 12.8. The van der Waals surface area contributed by atoms with Crippen LogP contribution in [-0.2, 0) is 9.59 Å². The molecular weight excluding hydrogens is 394 g/mol. The summed E-state index contributed by atoms with van der Waals surface area (Å²) in [4.78, 5) is 36.6. The number of aryl methyl sites for hydroxylation is 2. The number of nitrogens with one attached hydrogen (secondary N) is 3. The summed E-state index contributed by atoms with van der Waals surface area (Å²) in [6.07, 6.45) is 3.33. The zero-order chi connectivity index (χ0) is 22.0. The molecule has 0 unspecified atom stereocenters. The molecule has 3 amide bonds. The summed E-state index contributed by atoms with van der Waals surface area (Å²) >= 11 is 0. The van der Waals surface area contributed by atoms with Gasteiger partial charge in [-0.05, 0) is 56.0 Å². The summed E-state index contributed by atoms with van der Waals surface area (Å²) in [5, 5.41) is 7.19. The minimum atomic E-state index is -0.913. The van der Waals surface area contributed by atoms with Gasteiger partial charge in [-0.15, -0.1) is 0 Å². The van der Waals surface area contributed by atoms with Crippen molar-refractivity contribution in [1.82, 2.24) is 25.9 Å². The number of aromatic nitrogens is 2. The molecule has 1 fully saturated rings. The Morgan fingerprint density at radius 3 is 2.35 bits per heavy atom. The van der Waals surface area contributed by atoms with Gasteiger partial charge in [0, 0.05) is 17.8 Å². The van der Waals surface area contributed by atoms with E-state index in [1.54, 1.807) is 10.9 Å². The molecule has 8 nitrogen and oxygen atoms in total. The van der Waals surface area contributed by atoms with Crippen LogP contribution in [0.1, 0.15) is 34.3 Å². The van der Waals surface area contributed by atoms with Gasteiger partial charge in [-0.2, -0.15) is 5.10 Å². The summed E-state index contributed by atoms with van der Waals surface area (Å²) in [5.41, 5.74) is 9.02.